The van der Waals surface area contributed by atoms with E-state index in [4.69, 9.17) is 9.97 Å². The highest BCUT2D eigenvalue weighted by Crippen LogP contribution is 2.46. The first-order valence-electron chi connectivity index (χ1n) is 20.0. The predicted octanol–water partition coefficient (Wildman–Crippen LogP) is 14.2. The van der Waals surface area contributed by atoms with Gasteiger partial charge in [-0.05, 0) is 76.4 Å². The summed E-state index contributed by atoms with van der Waals surface area (Å²) in [4.78, 5) is 12.2. The van der Waals surface area contributed by atoms with E-state index >= 15 is 0 Å². The Balaban J connectivity index is 1.11. The van der Waals surface area contributed by atoms with Crippen molar-refractivity contribution >= 4 is 55.7 Å². The summed E-state index contributed by atoms with van der Waals surface area (Å²) < 4.78 is 2.45. The summed E-state index contributed by atoms with van der Waals surface area (Å²) in [5, 5.41) is 4.93. The molecule has 8 aromatic carbocycles. The van der Waals surface area contributed by atoms with E-state index in [1.54, 1.807) is 0 Å². The molecular weight excluding hydrogens is 705 g/mol. The minimum atomic E-state index is 0.706. The predicted molar refractivity (Wildman–Crippen MR) is 242 cm³/mol. The maximum atomic E-state index is 4.93. The second-order valence-electron chi connectivity index (χ2n) is 14.9. The molecular formula is C54H38N4. The van der Waals surface area contributed by atoms with Crippen LogP contribution in [0.3, 0.4) is 0 Å². The number of para-hydroxylation sites is 2. The lowest BCUT2D eigenvalue weighted by Gasteiger charge is -2.31. The molecule has 4 nitrogen and oxygen atoms in total. The van der Waals surface area contributed by atoms with Crippen molar-refractivity contribution in [2.75, 3.05) is 4.90 Å². The highest BCUT2D eigenvalue weighted by atomic mass is 15.2. The topological polar surface area (TPSA) is 34.0 Å². The van der Waals surface area contributed by atoms with Gasteiger partial charge in [-0.3, -0.25) is 0 Å². The van der Waals surface area contributed by atoms with Crippen molar-refractivity contribution in [2.24, 2.45) is 0 Å². The number of hydrogen-bond donors (Lipinski definition) is 0. The Morgan fingerprint density at radius 1 is 0.483 bits per heavy atom. The van der Waals surface area contributed by atoms with Gasteiger partial charge in [-0.1, -0.05) is 164 Å². The Morgan fingerprint density at radius 3 is 2.03 bits per heavy atom. The zero-order valence-corrected chi connectivity index (χ0v) is 31.8. The Bertz CT molecular complexity index is 3170. The van der Waals surface area contributed by atoms with Crippen LogP contribution in [0.1, 0.15) is 17.5 Å². The van der Waals surface area contributed by atoms with Gasteiger partial charge in [-0.25, -0.2) is 9.97 Å². The zero-order valence-electron chi connectivity index (χ0n) is 31.8. The lowest BCUT2D eigenvalue weighted by molar-refractivity contribution is 0.978. The minimum Gasteiger partial charge on any atom is -0.309 e. The molecule has 0 radical (unpaired) electrons. The molecule has 58 heavy (non-hydrogen) atoms. The lowest BCUT2D eigenvalue weighted by Crippen LogP contribution is -2.15. The molecule has 1 aliphatic rings. The standard InChI is InChI=1S/C54H38N4/c1-2-18-39(19-3-1)54-55-35-41(36-56-54)57(49-30-14-20-37-16-4-6-23-43(37)49)51-28-12-10-26-46(51)45-25-9-8-22-42(45)40-32-33-48-47-27-11-13-29-52(47)58(53(48)34-40)50-31-15-21-38-17-5-7-24-44(38)50/h1-5,7-22,24-36H,6,23H2. The van der Waals surface area contributed by atoms with Crippen molar-refractivity contribution in [1.29, 1.82) is 0 Å². The van der Waals surface area contributed by atoms with E-state index in [9.17, 15) is 0 Å². The van der Waals surface area contributed by atoms with Crippen molar-refractivity contribution < 1.29 is 0 Å². The summed E-state index contributed by atoms with van der Waals surface area (Å²) in [5.74, 6) is 0.706. The van der Waals surface area contributed by atoms with E-state index in [1.165, 1.54) is 55.0 Å². The summed E-state index contributed by atoms with van der Waals surface area (Å²) in [6.07, 6.45) is 10.4. The molecule has 11 rings (SSSR count). The normalized spacial score (nSPS) is 12.3. The third-order valence-corrected chi connectivity index (χ3v) is 11.6. The van der Waals surface area contributed by atoms with Gasteiger partial charge in [0.25, 0.3) is 0 Å². The lowest BCUT2D eigenvalue weighted by atomic mass is 9.91. The maximum absolute atomic E-state index is 4.93. The number of benzene rings is 8. The summed E-state index contributed by atoms with van der Waals surface area (Å²) in [7, 11) is 0. The van der Waals surface area contributed by atoms with Crippen LogP contribution in [0.2, 0.25) is 0 Å². The average Bonchev–Trinajstić information content (AvgIpc) is 3.63. The third kappa shape index (κ3) is 5.69. The van der Waals surface area contributed by atoms with Crippen LogP contribution >= 0.6 is 0 Å². The van der Waals surface area contributed by atoms with Crippen molar-refractivity contribution in [3.63, 3.8) is 0 Å². The molecule has 0 saturated carbocycles. The summed E-state index contributed by atoms with van der Waals surface area (Å²) in [6, 6.07) is 65.4. The summed E-state index contributed by atoms with van der Waals surface area (Å²) in [5.41, 5.74) is 14.9. The second-order valence-corrected chi connectivity index (χ2v) is 14.9. The molecule has 0 amide bonds. The zero-order chi connectivity index (χ0) is 38.4. The quantitative estimate of drug-likeness (QED) is 0.163. The molecule has 0 N–H and O–H groups in total. The van der Waals surface area contributed by atoms with Crippen molar-refractivity contribution in [3.8, 4) is 39.3 Å². The monoisotopic (exact) mass is 742 g/mol. The van der Waals surface area contributed by atoms with Gasteiger partial charge < -0.3 is 9.47 Å². The molecule has 0 fully saturated rings. The number of hydrogen-bond acceptors (Lipinski definition) is 3. The SMILES string of the molecule is C1=Cc2cccc(N(c3cnc(-c4ccccc4)nc3)c3ccccc3-c3ccccc3-c3ccc4c5ccccc5n(-c5cccc6ccccc56)c4c3)c2CC1. The van der Waals surface area contributed by atoms with Crippen LogP contribution in [-0.4, -0.2) is 14.5 Å². The van der Waals surface area contributed by atoms with E-state index in [1.807, 2.05) is 30.6 Å². The van der Waals surface area contributed by atoms with Crippen molar-refractivity contribution in [2.45, 2.75) is 12.8 Å². The van der Waals surface area contributed by atoms with E-state index < -0.39 is 0 Å². The summed E-state index contributed by atoms with van der Waals surface area (Å²) >= 11 is 0. The second kappa shape index (κ2) is 14.2. The number of anilines is 3. The highest BCUT2D eigenvalue weighted by molar-refractivity contribution is 6.12. The molecule has 2 heterocycles. The smallest absolute Gasteiger partial charge is 0.159 e. The van der Waals surface area contributed by atoms with Gasteiger partial charge in [0.15, 0.2) is 5.82 Å². The largest absolute Gasteiger partial charge is 0.309 e. The molecule has 274 valence electrons. The van der Waals surface area contributed by atoms with Crippen LogP contribution in [0.15, 0.2) is 200 Å². The van der Waals surface area contributed by atoms with Gasteiger partial charge in [0, 0.05) is 27.3 Å². The Hall–Kier alpha value is -7.56. The van der Waals surface area contributed by atoms with Crippen molar-refractivity contribution in [1.82, 2.24) is 14.5 Å². The molecule has 1 aliphatic carbocycles. The van der Waals surface area contributed by atoms with Gasteiger partial charge in [0.05, 0.1) is 46.2 Å². The first kappa shape index (κ1) is 33.8. The maximum Gasteiger partial charge on any atom is 0.159 e. The van der Waals surface area contributed by atoms with E-state index in [2.05, 4.69) is 185 Å². The molecule has 0 saturated heterocycles. The van der Waals surface area contributed by atoms with E-state index in [0.717, 1.165) is 52.2 Å². The minimum absolute atomic E-state index is 0.706. The first-order chi connectivity index (χ1) is 28.8. The number of fused-ring (bicyclic) bond motifs is 5. The molecule has 2 aromatic heterocycles. The molecule has 0 unspecified atom stereocenters. The summed E-state index contributed by atoms with van der Waals surface area (Å²) in [6.45, 7) is 0. The molecule has 0 spiro atoms. The molecule has 0 aliphatic heterocycles. The van der Waals surface area contributed by atoms with Gasteiger partial charge in [0.2, 0.25) is 0 Å². The molecule has 4 heteroatoms. The fourth-order valence-electron chi connectivity index (χ4n) is 8.92. The highest BCUT2D eigenvalue weighted by Gasteiger charge is 2.24. The Morgan fingerprint density at radius 2 is 1.16 bits per heavy atom. The van der Waals surface area contributed by atoms with Gasteiger partial charge in [0.1, 0.15) is 0 Å². The fraction of sp³-hybridized carbons (Fsp3) is 0.0370. The van der Waals surface area contributed by atoms with Gasteiger partial charge >= 0.3 is 0 Å². The van der Waals surface area contributed by atoms with Gasteiger partial charge in [-0.2, -0.15) is 0 Å². The molecule has 10 aromatic rings. The molecule has 0 bridgehead atoms. The first-order valence-corrected chi connectivity index (χ1v) is 20.0. The Labute approximate surface area is 337 Å². The van der Waals surface area contributed by atoms with Crippen molar-refractivity contribution in [3.05, 3.63) is 212 Å². The number of rotatable bonds is 7. The van der Waals surface area contributed by atoms with Crippen LogP contribution in [0.25, 0.3) is 78.0 Å². The molecule has 0 atom stereocenters. The Kier molecular flexibility index (Phi) is 8.25. The van der Waals surface area contributed by atoms with Crippen LogP contribution < -0.4 is 4.90 Å². The van der Waals surface area contributed by atoms with Gasteiger partial charge in [-0.15, -0.1) is 0 Å². The number of allylic oxidation sites excluding steroid dienone is 1. The van der Waals surface area contributed by atoms with E-state index in [-0.39, 0.29) is 0 Å². The van der Waals surface area contributed by atoms with Crippen LogP contribution in [-0.2, 0) is 6.42 Å². The van der Waals surface area contributed by atoms with Crippen LogP contribution in [0.4, 0.5) is 17.1 Å². The number of nitrogens with zero attached hydrogens (tertiary/aromatic N) is 4. The number of aromatic nitrogens is 3. The van der Waals surface area contributed by atoms with Crippen LogP contribution in [0, 0.1) is 0 Å². The van der Waals surface area contributed by atoms with E-state index in [0.29, 0.717) is 5.82 Å². The average molecular weight is 743 g/mol. The third-order valence-electron chi connectivity index (χ3n) is 11.6. The fourth-order valence-corrected chi connectivity index (χ4v) is 8.92. The van der Waals surface area contributed by atoms with Crippen LogP contribution in [0.5, 0.6) is 0 Å².